The third-order valence-corrected chi connectivity index (χ3v) is 6.00. The van der Waals surface area contributed by atoms with Gasteiger partial charge in [-0.1, -0.05) is 13.3 Å². The molecule has 0 bridgehead atoms. The maximum Gasteiger partial charge on any atom is 0.244 e. The summed E-state index contributed by atoms with van der Waals surface area (Å²) >= 11 is 3.26. The molecule has 1 aromatic heterocycles. The van der Waals surface area contributed by atoms with Crippen molar-refractivity contribution >= 4 is 31.8 Å². The third-order valence-electron chi connectivity index (χ3n) is 4.15. The molecule has 2 rings (SSSR count). The highest BCUT2D eigenvalue weighted by Crippen LogP contribution is 2.43. The Morgan fingerprint density at radius 2 is 2.15 bits per heavy atom. The van der Waals surface area contributed by atoms with Crippen LogP contribution in [0.3, 0.4) is 0 Å². The molecule has 1 aromatic rings. The van der Waals surface area contributed by atoms with Gasteiger partial charge in [-0.3, -0.25) is 0 Å². The minimum absolute atomic E-state index is 0.145. The van der Waals surface area contributed by atoms with Crippen LogP contribution in [0.5, 0.6) is 0 Å². The average molecular weight is 362 g/mol. The van der Waals surface area contributed by atoms with Crippen LogP contribution < -0.4 is 10.0 Å². The zero-order valence-electron chi connectivity index (χ0n) is 11.7. The molecule has 5 nitrogen and oxygen atoms in total. The van der Waals surface area contributed by atoms with Crippen LogP contribution in [-0.2, 0) is 10.0 Å². The van der Waals surface area contributed by atoms with Gasteiger partial charge in [0.05, 0.1) is 0 Å². The van der Waals surface area contributed by atoms with E-state index in [9.17, 15) is 8.42 Å². The summed E-state index contributed by atoms with van der Waals surface area (Å²) in [5.74, 6) is 0.361. The molecule has 1 heterocycles. The highest BCUT2D eigenvalue weighted by atomic mass is 79.9. The van der Waals surface area contributed by atoms with E-state index in [1.165, 1.54) is 6.42 Å². The molecule has 112 valence electrons. The summed E-state index contributed by atoms with van der Waals surface area (Å²) in [6, 6.07) is 1.57. The van der Waals surface area contributed by atoms with Crippen molar-refractivity contribution in [3.8, 4) is 0 Å². The number of hydrogen-bond acceptors (Lipinski definition) is 4. The fraction of sp³-hybridized carbons (Fsp3) is 0.615. The highest BCUT2D eigenvalue weighted by molar-refractivity contribution is 9.10. The van der Waals surface area contributed by atoms with Gasteiger partial charge in [-0.05, 0) is 46.7 Å². The lowest BCUT2D eigenvalue weighted by Gasteiger charge is -2.41. The Labute approximate surface area is 128 Å². The maximum atomic E-state index is 12.5. The second kappa shape index (κ2) is 5.99. The number of rotatable bonds is 6. The van der Waals surface area contributed by atoms with Gasteiger partial charge in [-0.15, -0.1) is 0 Å². The smallest absolute Gasteiger partial charge is 0.244 e. The average Bonchev–Trinajstić information content (AvgIpc) is 2.38. The van der Waals surface area contributed by atoms with Gasteiger partial charge in [0.1, 0.15) is 10.7 Å². The summed E-state index contributed by atoms with van der Waals surface area (Å²) in [6.07, 6.45) is 5.97. The molecule has 0 saturated heterocycles. The van der Waals surface area contributed by atoms with E-state index in [-0.39, 0.29) is 10.3 Å². The van der Waals surface area contributed by atoms with Crippen LogP contribution in [0.25, 0.3) is 0 Å². The summed E-state index contributed by atoms with van der Waals surface area (Å²) in [4.78, 5) is 4.27. The van der Waals surface area contributed by atoms with E-state index in [4.69, 9.17) is 0 Å². The van der Waals surface area contributed by atoms with Crippen LogP contribution >= 0.6 is 15.9 Å². The normalized spacial score (nSPS) is 17.6. The predicted molar refractivity (Wildman–Crippen MR) is 83.2 cm³/mol. The topological polar surface area (TPSA) is 71.1 Å². The summed E-state index contributed by atoms with van der Waals surface area (Å²) in [5.41, 5.74) is 0.145. The van der Waals surface area contributed by atoms with Crippen molar-refractivity contribution in [2.75, 3.05) is 18.9 Å². The lowest BCUT2D eigenvalue weighted by atomic mass is 9.67. The summed E-state index contributed by atoms with van der Waals surface area (Å²) < 4.78 is 28.3. The minimum atomic E-state index is -3.55. The first-order valence-corrected chi connectivity index (χ1v) is 9.03. The van der Waals surface area contributed by atoms with Crippen LogP contribution in [0.1, 0.15) is 32.6 Å². The van der Waals surface area contributed by atoms with Crippen LogP contribution in [0.4, 0.5) is 5.82 Å². The minimum Gasteiger partial charge on any atom is -0.372 e. The monoisotopic (exact) mass is 361 g/mol. The Morgan fingerprint density at radius 1 is 1.45 bits per heavy atom. The number of halogens is 1. The maximum absolute atomic E-state index is 12.5. The Hall–Kier alpha value is -0.660. The predicted octanol–water partition coefficient (Wildman–Crippen LogP) is 2.74. The van der Waals surface area contributed by atoms with E-state index < -0.39 is 10.0 Å². The first kappa shape index (κ1) is 15.7. The van der Waals surface area contributed by atoms with E-state index in [2.05, 4.69) is 37.9 Å². The molecule has 20 heavy (non-hydrogen) atoms. The molecular weight excluding hydrogens is 342 g/mol. The van der Waals surface area contributed by atoms with Crippen molar-refractivity contribution in [2.24, 2.45) is 5.41 Å². The van der Waals surface area contributed by atoms with Gasteiger partial charge in [-0.2, -0.15) is 0 Å². The number of aromatic nitrogens is 1. The van der Waals surface area contributed by atoms with Gasteiger partial charge < -0.3 is 5.32 Å². The number of nitrogens with one attached hydrogen (secondary N) is 2. The SMILES string of the molecule is CCC1(CNS(=O)(=O)c2cc(Br)cnc2NC)CCC1. The zero-order valence-corrected chi connectivity index (χ0v) is 14.1. The molecule has 1 aliphatic rings. The Bertz CT molecular complexity index is 580. The number of sulfonamides is 1. The number of pyridine rings is 1. The van der Waals surface area contributed by atoms with E-state index in [1.54, 1.807) is 19.3 Å². The molecular formula is C13H20BrN3O2S. The second-order valence-electron chi connectivity index (χ2n) is 5.28. The van der Waals surface area contributed by atoms with Crippen molar-refractivity contribution in [1.29, 1.82) is 0 Å². The third kappa shape index (κ3) is 3.15. The zero-order chi connectivity index (χ0) is 14.8. The largest absolute Gasteiger partial charge is 0.372 e. The summed E-state index contributed by atoms with van der Waals surface area (Å²) in [5, 5.41) is 2.82. The number of hydrogen-bond donors (Lipinski definition) is 2. The quantitative estimate of drug-likeness (QED) is 0.816. The van der Waals surface area contributed by atoms with Crippen LogP contribution in [0.15, 0.2) is 21.6 Å². The Morgan fingerprint density at radius 3 is 2.65 bits per heavy atom. The van der Waals surface area contributed by atoms with Gasteiger partial charge in [0.2, 0.25) is 10.0 Å². The van der Waals surface area contributed by atoms with Crippen molar-refractivity contribution in [1.82, 2.24) is 9.71 Å². The molecule has 0 radical (unpaired) electrons. The Kier molecular flexibility index (Phi) is 4.71. The fourth-order valence-corrected chi connectivity index (χ4v) is 4.30. The van der Waals surface area contributed by atoms with Crippen molar-refractivity contribution in [2.45, 2.75) is 37.5 Å². The number of anilines is 1. The molecule has 1 fully saturated rings. The van der Waals surface area contributed by atoms with Crippen LogP contribution in [0.2, 0.25) is 0 Å². The van der Waals surface area contributed by atoms with Gasteiger partial charge >= 0.3 is 0 Å². The molecule has 7 heteroatoms. The summed E-state index contributed by atoms with van der Waals surface area (Å²) in [7, 11) is -1.89. The highest BCUT2D eigenvalue weighted by Gasteiger charge is 2.36. The molecule has 0 atom stereocenters. The van der Waals surface area contributed by atoms with Gasteiger partial charge in [-0.25, -0.2) is 18.1 Å². The Balaban J connectivity index is 2.20. The van der Waals surface area contributed by atoms with Crippen molar-refractivity contribution in [3.63, 3.8) is 0 Å². The fourth-order valence-electron chi connectivity index (χ4n) is 2.47. The summed E-state index contributed by atoms with van der Waals surface area (Å²) in [6.45, 7) is 2.62. The van der Waals surface area contributed by atoms with E-state index in [0.29, 0.717) is 16.8 Å². The van der Waals surface area contributed by atoms with Crippen molar-refractivity contribution < 1.29 is 8.42 Å². The molecule has 0 unspecified atom stereocenters. The molecule has 1 aliphatic carbocycles. The molecule has 0 amide bonds. The van der Waals surface area contributed by atoms with Crippen LogP contribution in [0, 0.1) is 5.41 Å². The van der Waals surface area contributed by atoms with E-state index in [0.717, 1.165) is 19.3 Å². The van der Waals surface area contributed by atoms with Gasteiger partial charge in [0.15, 0.2) is 0 Å². The molecule has 1 saturated carbocycles. The standard InChI is InChI=1S/C13H20BrN3O2S/c1-3-13(5-4-6-13)9-17-20(18,19)11-7-10(14)8-16-12(11)15-2/h7-8,17H,3-6,9H2,1-2H3,(H,15,16). The second-order valence-corrected chi connectivity index (χ2v) is 7.93. The van der Waals surface area contributed by atoms with Crippen LogP contribution in [-0.4, -0.2) is 27.0 Å². The molecule has 0 spiro atoms. The molecule has 2 N–H and O–H groups in total. The van der Waals surface area contributed by atoms with E-state index in [1.807, 2.05) is 0 Å². The lowest BCUT2D eigenvalue weighted by molar-refractivity contribution is 0.133. The first-order valence-electron chi connectivity index (χ1n) is 6.75. The lowest BCUT2D eigenvalue weighted by Crippen LogP contribution is -2.41. The van der Waals surface area contributed by atoms with Crippen molar-refractivity contribution in [3.05, 3.63) is 16.7 Å². The number of nitrogens with zero attached hydrogens (tertiary/aromatic N) is 1. The first-order chi connectivity index (χ1) is 9.42. The van der Waals surface area contributed by atoms with E-state index >= 15 is 0 Å². The van der Waals surface area contributed by atoms with Gasteiger partial charge in [0, 0.05) is 24.3 Å². The molecule has 0 aromatic carbocycles. The molecule has 0 aliphatic heterocycles. The van der Waals surface area contributed by atoms with Gasteiger partial charge in [0.25, 0.3) is 0 Å².